The van der Waals surface area contributed by atoms with Gasteiger partial charge in [-0.05, 0) is 54.3 Å². The van der Waals surface area contributed by atoms with Crippen LogP contribution in [0.25, 0.3) is 0 Å². The largest absolute Gasteiger partial charge is 0.481 e. The van der Waals surface area contributed by atoms with E-state index in [9.17, 15) is 24.3 Å². The molecule has 43 heavy (non-hydrogen) atoms. The SMILES string of the molecule is Cc1ccc(C(CC(=O)O)NC(=O)c2ccc(N3CCN(C(=O)c4cccs4)CC3)c(NC(=O)c3ccccc3)c2)cc1. The summed E-state index contributed by atoms with van der Waals surface area (Å²) in [6.45, 7) is 4.05. The summed E-state index contributed by atoms with van der Waals surface area (Å²) in [6, 6.07) is 24.1. The molecule has 1 aromatic heterocycles. The molecule has 0 aliphatic carbocycles. The number of carbonyl (C=O) groups is 4. The third kappa shape index (κ3) is 7.28. The number of amides is 3. The third-order valence-electron chi connectivity index (χ3n) is 7.35. The normalized spacial score (nSPS) is 13.7. The lowest BCUT2D eigenvalue weighted by Gasteiger charge is -2.37. The number of benzene rings is 3. The summed E-state index contributed by atoms with van der Waals surface area (Å²) in [7, 11) is 0. The molecule has 1 aliphatic rings. The van der Waals surface area contributed by atoms with Gasteiger partial charge in [-0.3, -0.25) is 19.2 Å². The maximum Gasteiger partial charge on any atom is 0.305 e. The van der Waals surface area contributed by atoms with E-state index in [0.717, 1.165) is 11.3 Å². The van der Waals surface area contributed by atoms with Crippen molar-refractivity contribution in [2.45, 2.75) is 19.4 Å². The van der Waals surface area contributed by atoms with E-state index in [4.69, 9.17) is 0 Å². The van der Waals surface area contributed by atoms with E-state index in [0.29, 0.717) is 47.9 Å². The van der Waals surface area contributed by atoms with Crippen molar-refractivity contribution in [1.82, 2.24) is 10.2 Å². The molecular formula is C33H32N4O5S. The van der Waals surface area contributed by atoms with Crippen LogP contribution in [0.3, 0.4) is 0 Å². The second kappa shape index (κ2) is 13.3. The van der Waals surface area contributed by atoms with Gasteiger partial charge in [-0.2, -0.15) is 0 Å². The molecular weight excluding hydrogens is 564 g/mol. The number of aryl methyl sites for hydroxylation is 1. The van der Waals surface area contributed by atoms with Gasteiger partial charge < -0.3 is 25.5 Å². The quantitative estimate of drug-likeness (QED) is 0.244. The number of aliphatic carboxylic acids is 1. The van der Waals surface area contributed by atoms with Gasteiger partial charge in [0.25, 0.3) is 17.7 Å². The van der Waals surface area contributed by atoms with Crippen molar-refractivity contribution in [3.63, 3.8) is 0 Å². The first-order valence-electron chi connectivity index (χ1n) is 14.0. The van der Waals surface area contributed by atoms with E-state index in [-0.39, 0.29) is 23.8 Å². The van der Waals surface area contributed by atoms with Crippen LogP contribution in [0.5, 0.6) is 0 Å². The van der Waals surface area contributed by atoms with Gasteiger partial charge in [-0.25, -0.2) is 0 Å². The molecule has 0 bridgehead atoms. The highest BCUT2D eigenvalue weighted by molar-refractivity contribution is 7.12. The molecule has 220 valence electrons. The minimum Gasteiger partial charge on any atom is -0.481 e. The fourth-order valence-electron chi connectivity index (χ4n) is 5.01. The van der Waals surface area contributed by atoms with Gasteiger partial charge in [0.15, 0.2) is 0 Å². The van der Waals surface area contributed by atoms with Crippen LogP contribution in [0, 0.1) is 6.92 Å². The number of nitrogens with zero attached hydrogens (tertiary/aromatic N) is 2. The van der Waals surface area contributed by atoms with Gasteiger partial charge in [0.2, 0.25) is 0 Å². The molecule has 3 N–H and O–H groups in total. The Morgan fingerprint density at radius 3 is 2.21 bits per heavy atom. The highest BCUT2D eigenvalue weighted by atomic mass is 32.1. The summed E-state index contributed by atoms with van der Waals surface area (Å²) in [4.78, 5) is 55.6. The molecule has 3 aromatic carbocycles. The Labute approximate surface area is 253 Å². The van der Waals surface area contributed by atoms with Crippen LogP contribution in [-0.2, 0) is 4.79 Å². The smallest absolute Gasteiger partial charge is 0.305 e. The van der Waals surface area contributed by atoms with Gasteiger partial charge in [0, 0.05) is 37.3 Å². The van der Waals surface area contributed by atoms with Crippen LogP contribution in [-0.4, -0.2) is 59.9 Å². The summed E-state index contributed by atoms with van der Waals surface area (Å²) in [5.41, 5.74) is 3.63. The monoisotopic (exact) mass is 596 g/mol. The first-order valence-corrected chi connectivity index (χ1v) is 14.8. The van der Waals surface area contributed by atoms with E-state index in [2.05, 4.69) is 15.5 Å². The molecule has 1 aliphatic heterocycles. The number of hydrogen-bond donors (Lipinski definition) is 3. The first kappa shape index (κ1) is 29.5. The first-order chi connectivity index (χ1) is 20.8. The lowest BCUT2D eigenvalue weighted by molar-refractivity contribution is -0.137. The van der Waals surface area contributed by atoms with E-state index in [1.807, 2.05) is 47.5 Å². The predicted octanol–water partition coefficient (Wildman–Crippen LogP) is 5.22. The molecule has 1 atom stereocenters. The Hall–Kier alpha value is -4.96. The van der Waals surface area contributed by atoms with Crippen LogP contribution in [0.2, 0.25) is 0 Å². The standard InChI is InChI=1S/C33H32N4O5S/c1-22-9-11-23(12-10-22)26(21-30(38)39)34-32(41)25-13-14-28(27(20-25)35-31(40)24-6-3-2-4-7-24)36-15-17-37(18-16-36)33(42)29-8-5-19-43-29/h2-14,19-20,26H,15-18,21H2,1H3,(H,34,41)(H,35,40)(H,38,39). The molecule has 1 saturated heterocycles. The Kier molecular flexibility index (Phi) is 9.17. The Bertz CT molecular complexity index is 1600. The minimum atomic E-state index is -1.03. The fourth-order valence-corrected chi connectivity index (χ4v) is 5.70. The average Bonchev–Trinajstić information content (AvgIpc) is 3.56. The molecule has 0 radical (unpaired) electrons. The van der Waals surface area contributed by atoms with Crippen molar-refractivity contribution in [3.05, 3.63) is 117 Å². The van der Waals surface area contributed by atoms with Gasteiger partial charge in [-0.1, -0.05) is 54.1 Å². The van der Waals surface area contributed by atoms with Crippen molar-refractivity contribution in [3.8, 4) is 0 Å². The Morgan fingerprint density at radius 1 is 0.837 bits per heavy atom. The highest BCUT2D eigenvalue weighted by Gasteiger charge is 2.26. The number of carboxylic acid groups (broad SMARTS) is 1. The Morgan fingerprint density at radius 2 is 1.56 bits per heavy atom. The van der Waals surface area contributed by atoms with Crippen molar-refractivity contribution in [2.75, 3.05) is 36.4 Å². The summed E-state index contributed by atoms with van der Waals surface area (Å²) in [5, 5.41) is 17.2. The number of hydrogen-bond acceptors (Lipinski definition) is 6. The number of anilines is 2. The number of nitrogens with one attached hydrogen (secondary N) is 2. The van der Waals surface area contributed by atoms with E-state index < -0.39 is 17.9 Å². The molecule has 1 unspecified atom stereocenters. The van der Waals surface area contributed by atoms with Gasteiger partial charge in [-0.15, -0.1) is 11.3 Å². The van der Waals surface area contributed by atoms with Crippen molar-refractivity contribution >= 4 is 46.4 Å². The highest BCUT2D eigenvalue weighted by Crippen LogP contribution is 2.30. The molecule has 9 nitrogen and oxygen atoms in total. The summed E-state index contributed by atoms with van der Waals surface area (Å²) in [6.07, 6.45) is -0.279. The molecule has 4 aromatic rings. The predicted molar refractivity (Wildman–Crippen MR) is 167 cm³/mol. The molecule has 5 rings (SSSR count). The van der Waals surface area contributed by atoms with Crippen molar-refractivity contribution in [1.29, 1.82) is 0 Å². The van der Waals surface area contributed by atoms with E-state index in [1.54, 1.807) is 54.6 Å². The summed E-state index contributed by atoms with van der Waals surface area (Å²) < 4.78 is 0. The maximum atomic E-state index is 13.4. The number of thiophene rings is 1. The van der Waals surface area contributed by atoms with Gasteiger partial charge in [0.1, 0.15) is 0 Å². The van der Waals surface area contributed by atoms with Crippen LogP contribution in [0.15, 0.2) is 90.3 Å². The zero-order valence-corrected chi connectivity index (χ0v) is 24.5. The van der Waals surface area contributed by atoms with E-state index in [1.165, 1.54) is 11.3 Å². The maximum absolute atomic E-state index is 13.4. The second-order valence-corrected chi connectivity index (χ2v) is 11.3. The number of piperazine rings is 1. The molecule has 1 fully saturated rings. The second-order valence-electron chi connectivity index (χ2n) is 10.3. The van der Waals surface area contributed by atoms with Gasteiger partial charge in [0.05, 0.1) is 28.7 Å². The van der Waals surface area contributed by atoms with Crippen LogP contribution in [0.4, 0.5) is 11.4 Å². The fraction of sp³-hybridized carbons (Fsp3) is 0.212. The van der Waals surface area contributed by atoms with E-state index >= 15 is 0 Å². The van der Waals surface area contributed by atoms with Crippen molar-refractivity contribution in [2.24, 2.45) is 0 Å². The molecule has 10 heteroatoms. The zero-order valence-electron chi connectivity index (χ0n) is 23.7. The zero-order chi connectivity index (χ0) is 30.3. The van der Waals surface area contributed by atoms with Crippen LogP contribution >= 0.6 is 11.3 Å². The summed E-state index contributed by atoms with van der Waals surface area (Å²) in [5.74, 6) is -1.81. The number of carbonyl (C=O) groups excluding carboxylic acids is 3. The summed E-state index contributed by atoms with van der Waals surface area (Å²) >= 11 is 1.42. The lowest BCUT2D eigenvalue weighted by atomic mass is 10.0. The third-order valence-corrected chi connectivity index (χ3v) is 8.20. The van der Waals surface area contributed by atoms with Gasteiger partial charge >= 0.3 is 5.97 Å². The number of carboxylic acids is 1. The number of rotatable bonds is 9. The molecule has 2 heterocycles. The minimum absolute atomic E-state index is 0.00349. The van der Waals surface area contributed by atoms with Crippen LogP contribution < -0.4 is 15.5 Å². The average molecular weight is 597 g/mol. The topological polar surface area (TPSA) is 119 Å². The Balaban J connectivity index is 1.38. The molecule has 0 spiro atoms. The molecule has 0 saturated carbocycles. The molecule has 3 amide bonds. The van der Waals surface area contributed by atoms with Crippen LogP contribution in [0.1, 0.15) is 54.0 Å². The lowest BCUT2D eigenvalue weighted by Crippen LogP contribution is -2.48. The van der Waals surface area contributed by atoms with Crippen molar-refractivity contribution < 1.29 is 24.3 Å².